The van der Waals surface area contributed by atoms with Gasteiger partial charge in [0.1, 0.15) is 36.9 Å². The maximum absolute atomic E-state index is 13.0. The van der Waals surface area contributed by atoms with Crippen LogP contribution in [0.15, 0.2) is 48.5 Å². The van der Waals surface area contributed by atoms with E-state index in [1.807, 2.05) is 38.1 Å². The Morgan fingerprint density at radius 1 is 0.636 bits per heavy atom. The lowest BCUT2D eigenvalue weighted by atomic mass is 9.78. The monoisotopic (exact) mass is 764 g/mol. The van der Waals surface area contributed by atoms with Crippen molar-refractivity contribution in [1.82, 2.24) is 0 Å². The molecule has 2 aliphatic heterocycles. The number of rotatable bonds is 14. The number of carboxylic acids is 2. The van der Waals surface area contributed by atoms with Gasteiger partial charge in [-0.25, -0.2) is 0 Å². The quantitative estimate of drug-likeness (QED) is 0.160. The van der Waals surface area contributed by atoms with E-state index in [4.69, 9.17) is 18.9 Å². The van der Waals surface area contributed by atoms with Crippen LogP contribution < -0.4 is 9.47 Å². The molecule has 2 aliphatic carbocycles. The second-order valence-electron chi connectivity index (χ2n) is 14.9. The summed E-state index contributed by atoms with van der Waals surface area (Å²) in [6.45, 7) is 7.07. The second kappa shape index (κ2) is 15.1. The highest BCUT2D eigenvalue weighted by atomic mass is 16.6. The molecule has 292 valence electrons. The highest BCUT2D eigenvalue weighted by molar-refractivity contribution is 6.02. The maximum atomic E-state index is 13.0. The Hall–Kier alpha value is -5.80. The first-order valence-electron chi connectivity index (χ1n) is 17.8. The van der Waals surface area contributed by atoms with Crippen molar-refractivity contribution < 1.29 is 77.0 Å². The number of carbonyl (C=O) groups excluding carboxylic acids is 6. The fourth-order valence-corrected chi connectivity index (χ4v) is 8.01. The number of fused-ring (bicyclic) bond motifs is 2. The van der Waals surface area contributed by atoms with Crippen molar-refractivity contribution in [1.29, 1.82) is 0 Å². The number of ether oxygens (including phenoxy) is 6. The first-order valence-corrected chi connectivity index (χ1v) is 17.8. The first kappa shape index (κ1) is 38.9. The van der Waals surface area contributed by atoms with Gasteiger partial charge in [-0.1, -0.05) is 38.1 Å². The van der Waals surface area contributed by atoms with Gasteiger partial charge in [0, 0.05) is 5.41 Å². The van der Waals surface area contributed by atoms with E-state index in [-0.39, 0.29) is 26.1 Å². The Balaban J connectivity index is 0.984. The lowest BCUT2D eigenvalue weighted by Crippen LogP contribution is -2.36. The van der Waals surface area contributed by atoms with E-state index in [9.17, 15) is 48.6 Å². The van der Waals surface area contributed by atoms with E-state index in [2.05, 4.69) is 9.47 Å². The Labute approximate surface area is 314 Å². The molecular weight excluding hydrogens is 724 g/mol. The Morgan fingerprint density at radius 2 is 0.982 bits per heavy atom. The largest absolute Gasteiger partial charge is 0.490 e. The van der Waals surface area contributed by atoms with Crippen LogP contribution in [0.1, 0.15) is 51.7 Å². The minimum atomic E-state index is -1.34. The van der Waals surface area contributed by atoms with Gasteiger partial charge in [-0.3, -0.25) is 38.4 Å². The van der Waals surface area contributed by atoms with E-state index < -0.39 is 113 Å². The van der Waals surface area contributed by atoms with Crippen molar-refractivity contribution in [3.8, 4) is 11.5 Å². The van der Waals surface area contributed by atoms with Crippen LogP contribution in [0.2, 0.25) is 0 Å². The Bertz CT molecular complexity index is 1760. The van der Waals surface area contributed by atoms with E-state index in [0.717, 1.165) is 11.1 Å². The zero-order chi connectivity index (χ0) is 39.9. The summed E-state index contributed by atoms with van der Waals surface area (Å²) in [5.74, 6) is -16.4. The molecule has 0 radical (unpaired) electrons. The van der Waals surface area contributed by atoms with Crippen molar-refractivity contribution >= 4 is 47.8 Å². The molecule has 6 rings (SSSR count). The molecule has 2 saturated carbocycles. The molecule has 16 heteroatoms. The fourth-order valence-electron chi connectivity index (χ4n) is 8.01. The number of esters is 6. The van der Waals surface area contributed by atoms with E-state index >= 15 is 0 Å². The lowest BCUT2D eigenvalue weighted by Gasteiger charge is -2.27. The number of benzene rings is 2. The molecule has 2 aromatic rings. The molecular formula is C39H40O16. The van der Waals surface area contributed by atoms with Crippen LogP contribution in [0.4, 0.5) is 0 Å². The highest BCUT2D eigenvalue weighted by Gasteiger charge is 2.63. The number of carboxylic acid groups (broad SMARTS) is 2. The molecule has 0 spiro atoms. The molecule has 0 aromatic heterocycles. The normalized spacial score (nSPS) is 28.0. The van der Waals surface area contributed by atoms with Crippen molar-refractivity contribution in [3.63, 3.8) is 0 Å². The molecule has 10 unspecified atom stereocenters. The van der Waals surface area contributed by atoms with Crippen LogP contribution in [0.25, 0.3) is 0 Å². The van der Waals surface area contributed by atoms with Crippen molar-refractivity contribution in [2.45, 2.75) is 58.2 Å². The third kappa shape index (κ3) is 7.62. The molecule has 2 heterocycles. The van der Waals surface area contributed by atoms with Crippen LogP contribution in [0.5, 0.6) is 11.5 Å². The highest BCUT2D eigenvalue weighted by Crippen LogP contribution is 2.48. The molecule has 0 bridgehead atoms. The van der Waals surface area contributed by atoms with Gasteiger partial charge in [0.15, 0.2) is 0 Å². The number of hydrogen-bond donors (Lipinski definition) is 2. The van der Waals surface area contributed by atoms with Crippen LogP contribution in [-0.4, -0.2) is 83.4 Å². The molecule has 4 fully saturated rings. The first-order chi connectivity index (χ1) is 26.0. The summed E-state index contributed by atoms with van der Waals surface area (Å²) in [6.07, 6.45) is -1.96. The van der Waals surface area contributed by atoms with Gasteiger partial charge in [0.25, 0.3) is 0 Å². The van der Waals surface area contributed by atoms with Crippen LogP contribution in [0, 0.1) is 47.3 Å². The van der Waals surface area contributed by atoms with Crippen molar-refractivity contribution in [2.75, 3.05) is 13.2 Å². The van der Waals surface area contributed by atoms with E-state index in [1.165, 1.54) is 0 Å². The molecule has 16 nitrogen and oxygen atoms in total. The molecule has 55 heavy (non-hydrogen) atoms. The zero-order valence-electron chi connectivity index (χ0n) is 30.3. The van der Waals surface area contributed by atoms with Gasteiger partial charge >= 0.3 is 47.8 Å². The van der Waals surface area contributed by atoms with Gasteiger partial charge in [-0.15, -0.1) is 0 Å². The van der Waals surface area contributed by atoms with Crippen LogP contribution >= 0.6 is 0 Å². The molecule has 4 aliphatic rings. The molecule has 2 aromatic carbocycles. The Kier molecular flexibility index (Phi) is 10.7. The number of carbonyl (C=O) groups is 8. The predicted octanol–water partition coefficient (Wildman–Crippen LogP) is 2.71. The van der Waals surface area contributed by atoms with Gasteiger partial charge in [-0.05, 0) is 62.1 Å². The summed E-state index contributed by atoms with van der Waals surface area (Å²) in [6, 6.07) is 14.6. The van der Waals surface area contributed by atoms with Crippen molar-refractivity contribution in [3.05, 3.63) is 59.7 Å². The molecule has 2 N–H and O–H groups in total. The van der Waals surface area contributed by atoms with Gasteiger partial charge in [0.2, 0.25) is 0 Å². The maximum Gasteiger partial charge on any atom is 0.318 e. The standard InChI is InChI=1S/C39H40O16/c1-17(52-35(46)27-23(31(40)41)13-25-29(27)37(48)54-33(25)44)15-50-21-9-5-19(6-10-21)39(3,4)20-7-11-22(12-8-20)51-16-18(2)53-36(47)28-24(32(42)43)14-26-30(28)38(49)55-34(26)45/h5-12,17-18,23-30H,13-16H2,1-4H3,(H,40,41)(H,42,43). The molecule has 10 atom stereocenters. The van der Waals surface area contributed by atoms with E-state index in [1.54, 1.807) is 38.1 Å². The predicted molar refractivity (Wildman–Crippen MR) is 182 cm³/mol. The van der Waals surface area contributed by atoms with E-state index in [0.29, 0.717) is 11.5 Å². The smallest absolute Gasteiger partial charge is 0.318 e. The summed E-state index contributed by atoms with van der Waals surface area (Å²) in [5.41, 5.74) is 1.43. The molecule has 0 amide bonds. The minimum absolute atomic E-state index is 0.0598. The van der Waals surface area contributed by atoms with Crippen LogP contribution in [0.3, 0.4) is 0 Å². The molecule has 2 saturated heterocycles. The topological polar surface area (TPSA) is 232 Å². The van der Waals surface area contributed by atoms with Crippen molar-refractivity contribution in [2.24, 2.45) is 47.3 Å². The van der Waals surface area contributed by atoms with Crippen LogP contribution in [-0.2, 0) is 62.7 Å². The summed E-state index contributed by atoms with van der Waals surface area (Å²) >= 11 is 0. The Morgan fingerprint density at radius 3 is 1.31 bits per heavy atom. The SMILES string of the molecule is CC(COc1ccc(C(C)(C)c2ccc(OCC(C)OC(=O)C3C(C(=O)O)CC4C(=O)OC(=O)C43)cc2)cc1)OC(=O)C1C(C(=O)O)CC2C(=O)OC(=O)C21. The summed E-state index contributed by atoms with van der Waals surface area (Å²) in [5, 5.41) is 19.2. The fraction of sp³-hybridized carbons (Fsp3) is 0.487. The summed E-state index contributed by atoms with van der Waals surface area (Å²) in [7, 11) is 0. The average molecular weight is 765 g/mol. The zero-order valence-corrected chi connectivity index (χ0v) is 30.3. The third-order valence-corrected chi connectivity index (χ3v) is 11.0. The summed E-state index contributed by atoms with van der Waals surface area (Å²) in [4.78, 5) is 97.9. The summed E-state index contributed by atoms with van der Waals surface area (Å²) < 4.78 is 31.8. The second-order valence-corrected chi connectivity index (χ2v) is 14.9. The average Bonchev–Trinajstić information content (AvgIpc) is 3.87. The number of cyclic esters (lactones) is 4. The van der Waals surface area contributed by atoms with Gasteiger partial charge in [0.05, 0.1) is 47.3 Å². The minimum Gasteiger partial charge on any atom is -0.490 e. The van der Waals surface area contributed by atoms with Gasteiger partial charge < -0.3 is 38.6 Å². The number of aliphatic carboxylic acids is 2. The number of hydrogen-bond acceptors (Lipinski definition) is 14. The van der Waals surface area contributed by atoms with Gasteiger partial charge in [-0.2, -0.15) is 0 Å². The lowest BCUT2D eigenvalue weighted by molar-refractivity contribution is -0.166. The third-order valence-electron chi connectivity index (χ3n) is 11.0.